The summed E-state index contributed by atoms with van der Waals surface area (Å²) in [5.41, 5.74) is 24.4. The largest absolute Gasteiger partial charge is 0.456 e. The Kier molecular flexibility index (Phi) is 10.7. The Morgan fingerprint density at radius 2 is 0.923 bits per heavy atom. The van der Waals surface area contributed by atoms with Crippen molar-refractivity contribution >= 4 is 123 Å². The van der Waals surface area contributed by atoms with Gasteiger partial charge in [0.05, 0.1) is 22.4 Å². The van der Waals surface area contributed by atoms with Crippen LogP contribution in [0.15, 0.2) is 209 Å². The first-order chi connectivity index (χ1) is 38.2. The van der Waals surface area contributed by atoms with Crippen LogP contribution in [0.1, 0.15) is 77.0 Å². The maximum atomic E-state index is 6.74. The lowest BCUT2D eigenvalue weighted by Gasteiger charge is -2.46. The van der Waals surface area contributed by atoms with E-state index in [2.05, 4.69) is 249 Å². The molecule has 0 saturated heterocycles. The first-order valence-corrected chi connectivity index (χ1v) is 28.2. The van der Waals surface area contributed by atoms with Crippen molar-refractivity contribution in [3.05, 3.63) is 217 Å². The smallest absolute Gasteiger partial charge is 0.252 e. The maximum absolute atomic E-state index is 6.74. The number of anilines is 6. The van der Waals surface area contributed by atoms with Crippen molar-refractivity contribution in [1.82, 2.24) is 4.57 Å². The van der Waals surface area contributed by atoms with Crippen LogP contribution >= 0.6 is 0 Å². The van der Waals surface area contributed by atoms with Crippen molar-refractivity contribution < 1.29 is 8.83 Å². The van der Waals surface area contributed by atoms with Crippen LogP contribution in [-0.2, 0) is 18.3 Å². The number of fused-ring (bicyclic) bond motifs is 13. The Balaban J connectivity index is 1.09. The van der Waals surface area contributed by atoms with E-state index < -0.39 is 0 Å². The van der Waals surface area contributed by atoms with Gasteiger partial charge in [0.25, 0.3) is 6.71 Å². The molecule has 0 amide bonds. The lowest BCUT2D eigenvalue weighted by Crippen LogP contribution is -2.61. The van der Waals surface area contributed by atoms with Gasteiger partial charge in [-0.25, -0.2) is 0 Å². The SMILES string of the molecule is CCCCc1cc2oc3ccccc3c2cc1N1c2ccc(-c3ccccc3)cc2B2c3ccc(-n4c5ccccc5c5ccccc54)cc3N(c3cc4c(cc3CCCC)oc3ccccc34)c3cc(C(C)(C)C)cc1c32. The number of rotatable bonds is 10. The molecule has 0 N–H and O–H groups in total. The van der Waals surface area contributed by atoms with Crippen LogP contribution in [0, 0.1) is 0 Å². The number of furan rings is 2. The molecule has 0 atom stereocenters. The predicted molar refractivity (Wildman–Crippen MR) is 331 cm³/mol. The summed E-state index contributed by atoms with van der Waals surface area (Å²) in [7, 11) is 0. The highest BCUT2D eigenvalue weighted by molar-refractivity contribution is 7.00. The second kappa shape index (κ2) is 17.9. The van der Waals surface area contributed by atoms with Crippen molar-refractivity contribution in [1.29, 1.82) is 0 Å². The molecular weight excluding hydrogens is 950 g/mol. The summed E-state index contributed by atoms with van der Waals surface area (Å²) >= 11 is 0. The lowest BCUT2D eigenvalue weighted by atomic mass is 9.33. The van der Waals surface area contributed by atoms with Crippen LogP contribution in [0.3, 0.4) is 0 Å². The molecule has 0 unspecified atom stereocenters. The van der Waals surface area contributed by atoms with Gasteiger partial charge in [0.15, 0.2) is 0 Å². The van der Waals surface area contributed by atoms with Crippen LogP contribution < -0.4 is 26.2 Å². The second-order valence-electron chi connectivity index (χ2n) is 22.9. The van der Waals surface area contributed by atoms with Crippen molar-refractivity contribution in [2.24, 2.45) is 0 Å². The van der Waals surface area contributed by atoms with Crippen LogP contribution in [0.4, 0.5) is 34.1 Å². The molecule has 78 heavy (non-hydrogen) atoms. The van der Waals surface area contributed by atoms with Crippen LogP contribution in [0.25, 0.3) is 82.5 Å². The van der Waals surface area contributed by atoms with Gasteiger partial charge in [0.2, 0.25) is 0 Å². The molecule has 2 aliphatic heterocycles. The van der Waals surface area contributed by atoms with Gasteiger partial charge in [0, 0.05) is 60.8 Å². The van der Waals surface area contributed by atoms with E-state index in [0.717, 1.165) is 88.1 Å². The molecule has 0 spiro atoms. The number of nitrogens with zero attached hydrogens (tertiary/aromatic N) is 3. The highest BCUT2D eigenvalue weighted by atomic mass is 16.3. The molecule has 15 rings (SSSR count). The van der Waals surface area contributed by atoms with Gasteiger partial charge in [-0.2, -0.15) is 0 Å². The minimum absolute atomic E-state index is 0.104. The molecule has 5 nitrogen and oxygen atoms in total. The minimum Gasteiger partial charge on any atom is -0.456 e. The third-order valence-corrected chi connectivity index (χ3v) is 17.1. The molecule has 378 valence electrons. The van der Waals surface area contributed by atoms with Crippen LogP contribution in [0.5, 0.6) is 0 Å². The molecule has 13 aromatic rings. The minimum atomic E-state index is -0.202. The summed E-state index contributed by atoms with van der Waals surface area (Å²) in [4.78, 5) is 5.33. The van der Waals surface area contributed by atoms with Gasteiger partial charge in [-0.15, -0.1) is 0 Å². The molecule has 0 fully saturated rings. The van der Waals surface area contributed by atoms with Gasteiger partial charge in [-0.05, 0) is 154 Å². The first kappa shape index (κ1) is 46.6. The van der Waals surface area contributed by atoms with Crippen molar-refractivity contribution in [3.63, 3.8) is 0 Å². The van der Waals surface area contributed by atoms with E-state index in [1.165, 1.54) is 100 Å². The number of hydrogen-bond acceptors (Lipinski definition) is 4. The standard InChI is InChI=1S/C72H60BN3O2/c1-6-8-21-47-38-69-55(53-27-15-19-31-67(53)77-69)43-62(47)75-61-36-33-46(45-23-11-10-12-24-45)37-58(61)73-57-35-34-50(74-59-29-17-13-25-51(59)52-26-14-18-30-60(52)74)42-64(57)76(66-41-49(72(3,4)5)40-65(75)71(66)73)63-44-56-54-28-16-20-32-68(54)78-70(56)39-48(63)22-9-7-2/h10-20,23-44H,6-9,21-22H2,1-5H3. The molecule has 0 radical (unpaired) electrons. The lowest BCUT2D eigenvalue weighted by molar-refractivity contribution is 0.590. The fourth-order valence-corrected chi connectivity index (χ4v) is 13.2. The average Bonchev–Trinajstić information content (AvgIpc) is 3.45. The molecule has 6 heteroatoms. The van der Waals surface area contributed by atoms with E-state index in [1.54, 1.807) is 0 Å². The third kappa shape index (κ3) is 7.15. The molecular formula is C72H60BN3O2. The Labute approximate surface area is 456 Å². The Morgan fingerprint density at radius 3 is 1.49 bits per heavy atom. The van der Waals surface area contributed by atoms with E-state index in [4.69, 9.17) is 8.83 Å². The average molecular weight is 1010 g/mol. The zero-order valence-corrected chi connectivity index (χ0v) is 45.0. The third-order valence-electron chi connectivity index (χ3n) is 17.1. The van der Waals surface area contributed by atoms with Gasteiger partial charge in [-0.1, -0.05) is 169 Å². The molecule has 2 aliphatic rings. The molecule has 10 aromatic carbocycles. The van der Waals surface area contributed by atoms with E-state index in [0.29, 0.717) is 0 Å². The van der Waals surface area contributed by atoms with Gasteiger partial charge in [0.1, 0.15) is 22.3 Å². The van der Waals surface area contributed by atoms with Crippen molar-refractivity contribution in [3.8, 4) is 16.8 Å². The molecule has 0 bridgehead atoms. The summed E-state index contributed by atoms with van der Waals surface area (Å²) in [5, 5.41) is 7.03. The molecule has 0 aliphatic carbocycles. The molecule has 5 heterocycles. The fraction of sp³-hybridized carbons (Fsp3) is 0.167. The number of unbranched alkanes of at least 4 members (excludes halogenated alkanes) is 2. The Morgan fingerprint density at radius 1 is 0.397 bits per heavy atom. The fourth-order valence-electron chi connectivity index (χ4n) is 13.2. The van der Waals surface area contributed by atoms with E-state index in [9.17, 15) is 0 Å². The Hall–Kier alpha value is -8.74. The van der Waals surface area contributed by atoms with E-state index >= 15 is 0 Å². The number of benzene rings is 10. The van der Waals surface area contributed by atoms with Crippen LogP contribution in [0.2, 0.25) is 0 Å². The number of aryl methyl sites for hydroxylation is 2. The highest BCUT2D eigenvalue weighted by Crippen LogP contribution is 2.51. The summed E-state index contributed by atoms with van der Waals surface area (Å²) in [5.74, 6) is 0. The number of aromatic nitrogens is 1. The number of hydrogen-bond donors (Lipinski definition) is 0. The van der Waals surface area contributed by atoms with Crippen molar-refractivity contribution in [2.75, 3.05) is 9.80 Å². The first-order valence-electron chi connectivity index (χ1n) is 28.2. The monoisotopic (exact) mass is 1010 g/mol. The van der Waals surface area contributed by atoms with Gasteiger partial charge >= 0.3 is 0 Å². The van der Waals surface area contributed by atoms with Gasteiger partial charge in [-0.3, -0.25) is 0 Å². The maximum Gasteiger partial charge on any atom is 0.252 e. The normalized spacial score (nSPS) is 13.2. The zero-order chi connectivity index (χ0) is 52.4. The van der Waals surface area contributed by atoms with E-state index in [-0.39, 0.29) is 12.1 Å². The highest BCUT2D eigenvalue weighted by Gasteiger charge is 2.45. The van der Waals surface area contributed by atoms with Crippen molar-refractivity contribution in [2.45, 2.75) is 78.6 Å². The summed E-state index contributed by atoms with van der Waals surface area (Å²) < 4.78 is 15.9. The van der Waals surface area contributed by atoms with E-state index in [1.807, 2.05) is 0 Å². The van der Waals surface area contributed by atoms with Gasteiger partial charge < -0.3 is 23.2 Å². The zero-order valence-electron chi connectivity index (χ0n) is 45.0. The summed E-state index contributed by atoms with van der Waals surface area (Å²) in [6.45, 7) is 11.6. The number of para-hydroxylation sites is 4. The predicted octanol–water partition coefficient (Wildman–Crippen LogP) is 18.3. The molecule has 3 aromatic heterocycles. The summed E-state index contributed by atoms with van der Waals surface area (Å²) in [6, 6.07) is 75.2. The second-order valence-corrected chi connectivity index (χ2v) is 22.9. The quantitative estimate of drug-likeness (QED) is 0.128. The Bertz CT molecular complexity index is 4500. The topological polar surface area (TPSA) is 37.7 Å². The summed E-state index contributed by atoms with van der Waals surface area (Å²) in [6.07, 6.45) is 6.13. The van der Waals surface area contributed by atoms with Crippen LogP contribution in [-0.4, -0.2) is 11.3 Å². The molecule has 0 saturated carbocycles.